The van der Waals surface area contributed by atoms with Gasteiger partial charge in [-0.1, -0.05) is 42.5 Å². The molecule has 33 heavy (non-hydrogen) atoms. The summed E-state index contributed by atoms with van der Waals surface area (Å²) in [7, 11) is 0. The number of amides is 1. The molecule has 9 heteroatoms. The number of hydrogen-bond acceptors (Lipinski definition) is 4. The maximum atomic E-state index is 12.9. The first-order valence-electron chi connectivity index (χ1n) is 10.8. The van der Waals surface area contributed by atoms with E-state index in [0.29, 0.717) is 50.0 Å². The van der Waals surface area contributed by atoms with Crippen molar-refractivity contribution in [2.75, 3.05) is 13.1 Å². The fourth-order valence-electron chi connectivity index (χ4n) is 3.90. The van der Waals surface area contributed by atoms with Crippen LogP contribution < -0.4 is 0 Å². The summed E-state index contributed by atoms with van der Waals surface area (Å²) in [6, 6.07) is 12.0. The summed E-state index contributed by atoms with van der Waals surface area (Å²) in [5.41, 5.74) is 1.19. The number of hydrazine groups is 1. The Labute approximate surface area is 190 Å². The SMILES string of the molecule is O=C(O)Cc1ccc(CN2C(=O)CCCN2CCC(O)Cc2cccc(C(F)(F)F)c2)cc1. The number of aliphatic hydroxyl groups is 1. The number of aliphatic carboxylic acids is 1. The van der Waals surface area contributed by atoms with Gasteiger partial charge in [0.2, 0.25) is 5.91 Å². The molecule has 1 heterocycles. The Bertz CT molecular complexity index is 963. The number of carbonyl (C=O) groups is 2. The van der Waals surface area contributed by atoms with E-state index in [1.54, 1.807) is 35.3 Å². The lowest BCUT2D eigenvalue weighted by Crippen LogP contribution is -2.50. The zero-order chi connectivity index (χ0) is 24.0. The largest absolute Gasteiger partial charge is 0.481 e. The number of benzene rings is 2. The van der Waals surface area contributed by atoms with Crippen molar-refractivity contribution in [2.24, 2.45) is 0 Å². The maximum Gasteiger partial charge on any atom is 0.416 e. The fraction of sp³-hybridized carbons (Fsp3) is 0.417. The molecule has 0 bridgehead atoms. The molecule has 0 saturated carbocycles. The van der Waals surface area contributed by atoms with E-state index in [0.717, 1.165) is 17.7 Å². The van der Waals surface area contributed by atoms with Crippen LogP contribution in [0.5, 0.6) is 0 Å². The zero-order valence-electron chi connectivity index (χ0n) is 18.1. The van der Waals surface area contributed by atoms with Crippen LogP contribution in [0.1, 0.15) is 41.5 Å². The number of carboxylic acids is 1. The Morgan fingerprint density at radius 3 is 2.42 bits per heavy atom. The Morgan fingerprint density at radius 2 is 1.76 bits per heavy atom. The number of hydrogen-bond donors (Lipinski definition) is 2. The molecule has 1 atom stereocenters. The van der Waals surface area contributed by atoms with Crippen LogP contribution in [0, 0.1) is 0 Å². The fourth-order valence-corrected chi connectivity index (χ4v) is 3.90. The van der Waals surface area contributed by atoms with E-state index >= 15 is 0 Å². The molecule has 1 aliphatic heterocycles. The summed E-state index contributed by atoms with van der Waals surface area (Å²) in [6.07, 6.45) is -3.84. The quantitative estimate of drug-likeness (QED) is 0.592. The number of alkyl halides is 3. The van der Waals surface area contributed by atoms with Gasteiger partial charge in [0.15, 0.2) is 0 Å². The van der Waals surface area contributed by atoms with Crippen molar-refractivity contribution in [2.45, 2.75) is 50.9 Å². The van der Waals surface area contributed by atoms with E-state index in [-0.39, 0.29) is 18.7 Å². The molecule has 1 amide bonds. The number of rotatable bonds is 9. The van der Waals surface area contributed by atoms with Crippen molar-refractivity contribution in [3.8, 4) is 0 Å². The monoisotopic (exact) mass is 464 g/mol. The third-order valence-electron chi connectivity index (χ3n) is 5.59. The highest BCUT2D eigenvalue weighted by molar-refractivity contribution is 5.76. The van der Waals surface area contributed by atoms with Gasteiger partial charge in [0.1, 0.15) is 0 Å². The van der Waals surface area contributed by atoms with Gasteiger partial charge in [0.05, 0.1) is 24.6 Å². The van der Waals surface area contributed by atoms with Crippen LogP contribution in [0.4, 0.5) is 13.2 Å². The highest BCUT2D eigenvalue weighted by Gasteiger charge is 2.30. The normalized spacial score (nSPS) is 16.1. The summed E-state index contributed by atoms with van der Waals surface area (Å²) in [4.78, 5) is 23.4. The van der Waals surface area contributed by atoms with Crippen molar-refractivity contribution in [1.82, 2.24) is 10.0 Å². The lowest BCUT2D eigenvalue weighted by Gasteiger charge is -2.39. The van der Waals surface area contributed by atoms with Crippen molar-refractivity contribution >= 4 is 11.9 Å². The minimum atomic E-state index is -4.43. The van der Waals surface area contributed by atoms with E-state index in [2.05, 4.69) is 0 Å². The lowest BCUT2D eigenvalue weighted by atomic mass is 10.0. The molecule has 1 saturated heterocycles. The second-order valence-electron chi connectivity index (χ2n) is 8.24. The van der Waals surface area contributed by atoms with E-state index < -0.39 is 23.8 Å². The average Bonchev–Trinajstić information content (AvgIpc) is 2.74. The number of halogens is 3. The topological polar surface area (TPSA) is 81.1 Å². The maximum absolute atomic E-state index is 12.9. The number of carboxylic acid groups (broad SMARTS) is 1. The van der Waals surface area contributed by atoms with Crippen LogP contribution in [-0.4, -0.2) is 51.3 Å². The molecule has 0 aliphatic carbocycles. The van der Waals surface area contributed by atoms with Crippen LogP contribution in [0.3, 0.4) is 0 Å². The third-order valence-corrected chi connectivity index (χ3v) is 5.59. The van der Waals surface area contributed by atoms with Gasteiger partial charge in [-0.05, 0) is 42.0 Å². The Hall–Kier alpha value is -2.91. The first-order valence-corrected chi connectivity index (χ1v) is 10.8. The first kappa shape index (κ1) is 24.7. The van der Waals surface area contributed by atoms with Gasteiger partial charge in [-0.15, -0.1) is 0 Å². The van der Waals surface area contributed by atoms with E-state index in [4.69, 9.17) is 5.11 Å². The Kier molecular flexibility index (Phi) is 8.10. The van der Waals surface area contributed by atoms with Crippen molar-refractivity contribution in [3.63, 3.8) is 0 Å². The molecular formula is C24H27F3N2O4. The highest BCUT2D eigenvalue weighted by Crippen LogP contribution is 2.30. The number of carbonyl (C=O) groups excluding carboxylic acids is 1. The van der Waals surface area contributed by atoms with Crippen molar-refractivity contribution in [3.05, 3.63) is 70.8 Å². The van der Waals surface area contributed by atoms with Crippen LogP contribution in [0.2, 0.25) is 0 Å². The third kappa shape index (κ3) is 7.30. The molecule has 2 aromatic rings. The number of aliphatic hydroxyl groups excluding tert-OH is 1. The molecule has 0 aromatic heterocycles. The molecule has 0 radical (unpaired) electrons. The first-order chi connectivity index (χ1) is 15.6. The van der Waals surface area contributed by atoms with E-state index in [1.807, 2.05) is 5.01 Å². The Balaban J connectivity index is 1.58. The summed E-state index contributed by atoms with van der Waals surface area (Å²) in [5, 5.41) is 22.8. The second kappa shape index (κ2) is 10.8. The molecule has 178 valence electrons. The molecule has 2 N–H and O–H groups in total. The Morgan fingerprint density at radius 1 is 1.06 bits per heavy atom. The van der Waals surface area contributed by atoms with Crippen molar-refractivity contribution in [1.29, 1.82) is 0 Å². The van der Waals surface area contributed by atoms with Gasteiger partial charge < -0.3 is 10.2 Å². The molecule has 0 spiro atoms. The zero-order valence-corrected chi connectivity index (χ0v) is 18.1. The van der Waals surface area contributed by atoms with Crippen molar-refractivity contribution < 1.29 is 33.0 Å². The minimum absolute atomic E-state index is 0.0387. The van der Waals surface area contributed by atoms with Crippen LogP contribution in [0.25, 0.3) is 0 Å². The molecule has 1 unspecified atom stereocenters. The molecular weight excluding hydrogens is 437 g/mol. The van der Waals surface area contributed by atoms with Gasteiger partial charge in [-0.25, -0.2) is 5.01 Å². The standard InChI is InChI=1S/C24H27F3N2O4/c25-24(26,27)20-4-1-3-19(13-20)14-21(30)10-12-28-11-2-5-22(31)29(28)16-18-8-6-17(7-9-18)15-23(32)33/h1,3-4,6-9,13,21,30H,2,5,10-12,14-16H2,(H,32,33). The molecule has 1 aliphatic rings. The van der Waals surface area contributed by atoms with Gasteiger partial charge in [-0.2, -0.15) is 13.2 Å². The average molecular weight is 464 g/mol. The molecule has 6 nitrogen and oxygen atoms in total. The van der Waals surface area contributed by atoms with Gasteiger partial charge in [0.25, 0.3) is 0 Å². The van der Waals surface area contributed by atoms with Gasteiger partial charge >= 0.3 is 12.1 Å². The summed E-state index contributed by atoms with van der Waals surface area (Å²) < 4.78 is 38.7. The lowest BCUT2D eigenvalue weighted by molar-refractivity contribution is -0.158. The highest BCUT2D eigenvalue weighted by atomic mass is 19.4. The van der Waals surface area contributed by atoms with Gasteiger partial charge in [0, 0.05) is 19.5 Å². The molecule has 1 fully saturated rings. The summed E-state index contributed by atoms with van der Waals surface area (Å²) in [6.45, 7) is 1.36. The number of nitrogens with zero attached hydrogens (tertiary/aromatic N) is 2. The van der Waals surface area contributed by atoms with Gasteiger partial charge in [-0.3, -0.25) is 14.6 Å². The summed E-state index contributed by atoms with van der Waals surface area (Å²) in [5.74, 6) is -0.952. The van der Waals surface area contributed by atoms with E-state index in [9.17, 15) is 27.9 Å². The molecule has 2 aromatic carbocycles. The summed E-state index contributed by atoms with van der Waals surface area (Å²) >= 11 is 0. The minimum Gasteiger partial charge on any atom is -0.481 e. The molecule has 3 rings (SSSR count). The smallest absolute Gasteiger partial charge is 0.416 e. The predicted molar refractivity (Wildman–Crippen MR) is 115 cm³/mol. The van der Waals surface area contributed by atoms with Crippen LogP contribution in [0.15, 0.2) is 48.5 Å². The van der Waals surface area contributed by atoms with Crippen LogP contribution in [-0.2, 0) is 35.2 Å². The van der Waals surface area contributed by atoms with E-state index in [1.165, 1.54) is 6.07 Å². The predicted octanol–water partition coefficient (Wildman–Crippen LogP) is 3.67. The van der Waals surface area contributed by atoms with Crippen LogP contribution >= 0.6 is 0 Å². The second-order valence-corrected chi connectivity index (χ2v) is 8.24.